The summed E-state index contributed by atoms with van der Waals surface area (Å²) in [6, 6.07) is 6.70. The zero-order valence-corrected chi connectivity index (χ0v) is 20.8. The number of halogens is 1. The fourth-order valence-electron chi connectivity index (χ4n) is 4.98. The monoisotopic (exact) mass is 429 g/mol. The topological polar surface area (TPSA) is 21.6 Å². The second kappa shape index (κ2) is 11.7. The van der Waals surface area contributed by atoms with E-state index in [1.54, 1.807) is 0 Å². The molecule has 0 spiro atoms. The molecule has 1 saturated carbocycles. The van der Waals surface area contributed by atoms with E-state index in [2.05, 4.69) is 58.2 Å². The summed E-state index contributed by atoms with van der Waals surface area (Å²) < 4.78 is 13.3. The summed E-state index contributed by atoms with van der Waals surface area (Å²) in [5, 5.41) is 4.50. The van der Waals surface area contributed by atoms with E-state index >= 15 is 0 Å². The summed E-state index contributed by atoms with van der Waals surface area (Å²) in [6.07, 6.45) is 7.04. The highest BCUT2D eigenvalue weighted by atomic mass is 28.3. The molecule has 0 saturated heterocycles. The molecular weight excluding hydrogens is 389 g/mol. The Hall–Kier alpha value is -1.60. The van der Waals surface area contributed by atoms with Crippen molar-refractivity contribution in [3.63, 3.8) is 0 Å². The SMILES string of the molecule is CC(C)[Si](C#CCC(Cc1ccc(F)cc1)ON=C1CCCCC1)(C(C)C)C(C)C. The van der Waals surface area contributed by atoms with Gasteiger partial charge in [0.05, 0.1) is 5.71 Å². The van der Waals surface area contributed by atoms with Gasteiger partial charge in [0.15, 0.2) is 0 Å². The van der Waals surface area contributed by atoms with Crippen molar-refractivity contribution in [1.82, 2.24) is 0 Å². The molecule has 1 fully saturated rings. The average molecular weight is 430 g/mol. The third kappa shape index (κ3) is 6.70. The summed E-state index contributed by atoms with van der Waals surface area (Å²) in [7, 11) is -1.75. The predicted molar refractivity (Wildman–Crippen MR) is 129 cm³/mol. The zero-order valence-electron chi connectivity index (χ0n) is 19.8. The molecule has 1 aromatic carbocycles. The third-order valence-corrected chi connectivity index (χ3v) is 13.0. The molecule has 4 heteroatoms. The van der Waals surface area contributed by atoms with Crippen LogP contribution in [0.1, 0.15) is 85.6 Å². The van der Waals surface area contributed by atoms with Crippen LogP contribution >= 0.6 is 0 Å². The Kier molecular flexibility index (Phi) is 9.62. The normalized spacial score (nSPS) is 15.9. The lowest BCUT2D eigenvalue weighted by atomic mass is 9.99. The molecule has 1 unspecified atom stereocenters. The molecule has 2 nitrogen and oxygen atoms in total. The zero-order chi connectivity index (χ0) is 22.1. The van der Waals surface area contributed by atoms with Crippen LogP contribution in [0.15, 0.2) is 29.4 Å². The number of oxime groups is 1. The van der Waals surface area contributed by atoms with Crippen molar-refractivity contribution >= 4 is 13.8 Å². The van der Waals surface area contributed by atoms with Crippen LogP contribution in [-0.2, 0) is 11.3 Å². The van der Waals surface area contributed by atoms with Crippen molar-refractivity contribution in [3.8, 4) is 11.5 Å². The summed E-state index contributed by atoms with van der Waals surface area (Å²) >= 11 is 0. The van der Waals surface area contributed by atoms with Crippen LogP contribution in [0, 0.1) is 17.3 Å². The van der Waals surface area contributed by atoms with Crippen LogP contribution in [0.3, 0.4) is 0 Å². The maximum absolute atomic E-state index is 13.3. The molecule has 1 aromatic rings. The van der Waals surface area contributed by atoms with Crippen molar-refractivity contribution in [1.29, 1.82) is 0 Å². The Morgan fingerprint density at radius 2 is 1.50 bits per heavy atom. The summed E-state index contributed by atoms with van der Waals surface area (Å²) in [4.78, 5) is 6.02. The van der Waals surface area contributed by atoms with Crippen molar-refractivity contribution in [2.75, 3.05) is 0 Å². The first-order chi connectivity index (χ1) is 14.3. The molecule has 2 rings (SSSR count). The lowest BCUT2D eigenvalue weighted by molar-refractivity contribution is 0.0617. The minimum atomic E-state index is -1.75. The molecular formula is C26H40FNOSi. The Bertz CT molecular complexity index is 713. The van der Waals surface area contributed by atoms with Crippen molar-refractivity contribution < 1.29 is 9.23 Å². The van der Waals surface area contributed by atoms with Crippen LogP contribution in [0.25, 0.3) is 0 Å². The largest absolute Gasteiger partial charge is 0.391 e. The fourth-order valence-corrected chi connectivity index (χ4v) is 10.3. The van der Waals surface area contributed by atoms with Crippen LogP contribution in [0.4, 0.5) is 4.39 Å². The van der Waals surface area contributed by atoms with Gasteiger partial charge in [-0.2, -0.15) is 0 Å². The smallest absolute Gasteiger partial charge is 0.145 e. The molecule has 1 atom stereocenters. The van der Waals surface area contributed by atoms with Gasteiger partial charge in [-0.15, -0.1) is 11.5 Å². The van der Waals surface area contributed by atoms with Gasteiger partial charge >= 0.3 is 0 Å². The minimum absolute atomic E-state index is 0.101. The Labute approximate surface area is 184 Å². The highest BCUT2D eigenvalue weighted by Crippen LogP contribution is 2.40. The summed E-state index contributed by atoms with van der Waals surface area (Å²) in [5.41, 5.74) is 7.88. The summed E-state index contributed by atoms with van der Waals surface area (Å²) in [6.45, 7) is 14.0. The van der Waals surface area contributed by atoms with Crippen molar-refractivity contribution in [3.05, 3.63) is 35.6 Å². The Morgan fingerprint density at radius 1 is 0.933 bits per heavy atom. The molecule has 30 heavy (non-hydrogen) atoms. The van der Waals surface area contributed by atoms with E-state index in [9.17, 15) is 4.39 Å². The van der Waals surface area contributed by atoms with Crippen LogP contribution in [0.2, 0.25) is 16.6 Å². The Morgan fingerprint density at radius 3 is 2.03 bits per heavy atom. The van der Waals surface area contributed by atoms with Crippen LogP contribution in [0.5, 0.6) is 0 Å². The predicted octanol–water partition coefficient (Wildman–Crippen LogP) is 7.69. The van der Waals surface area contributed by atoms with Gasteiger partial charge in [0, 0.05) is 12.8 Å². The summed E-state index contributed by atoms with van der Waals surface area (Å²) in [5.74, 6) is 3.32. The number of nitrogens with zero attached hydrogens (tertiary/aromatic N) is 1. The molecule has 1 aliphatic rings. The molecule has 166 valence electrons. The quantitative estimate of drug-likeness (QED) is 0.236. The standard InChI is InChI=1S/C26H40FNOSi/c1-20(2)30(21(3)4,22(5)6)18-10-13-26(19-23-14-16-24(27)17-15-23)29-28-25-11-8-7-9-12-25/h14-17,20-22,26H,7-9,11-13,19H2,1-6H3. The van der Waals surface area contributed by atoms with E-state index in [1.165, 1.54) is 37.1 Å². The number of hydrogen-bond acceptors (Lipinski definition) is 2. The second-order valence-corrected chi connectivity index (χ2v) is 15.3. The van der Waals surface area contributed by atoms with Gasteiger partial charge in [-0.25, -0.2) is 4.39 Å². The molecule has 0 aliphatic heterocycles. The molecule has 0 radical (unpaired) electrons. The average Bonchev–Trinajstić information content (AvgIpc) is 2.70. The van der Waals surface area contributed by atoms with Crippen LogP contribution < -0.4 is 0 Å². The van der Waals surface area contributed by atoms with Gasteiger partial charge in [0.2, 0.25) is 0 Å². The number of benzene rings is 1. The van der Waals surface area contributed by atoms with E-state index in [0.717, 1.165) is 18.4 Å². The van der Waals surface area contributed by atoms with E-state index in [4.69, 9.17) is 4.84 Å². The Balaban J connectivity index is 2.19. The minimum Gasteiger partial charge on any atom is -0.391 e. The van der Waals surface area contributed by atoms with Crippen molar-refractivity contribution in [2.45, 2.75) is 109 Å². The fraction of sp³-hybridized carbons (Fsp3) is 0.654. The molecule has 0 N–H and O–H groups in total. The van der Waals surface area contributed by atoms with Crippen LogP contribution in [-0.4, -0.2) is 19.9 Å². The van der Waals surface area contributed by atoms with E-state index in [0.29, 0.717) is 29.5 Å². The maximum Gasteiger partial charge on any atom is 0.145 e. The van der Waals surface area contributed by atoms with Gasteiger partial charge in [-0.1, -0.05) is 65.3 Å². The van der Waals surface area contributed by atoms with E-state index < -0.39 is 8.07 Å². The molecule has 0 bridgehead atoms. The maximum atomic E-state index is 13.3. The highest BCUT2D eigenvalue weighted by molar-refractivity contribution is 6.90. The van der Waals surface area contributed by atoms with E-state index in [-0.39, 0.29) is 11.9 Å². The van der Waals surface area contributed by atoms with E-state index in [1.807, 2.05) is 12.1 Å². The molecule has 0 amide bonds. The molecule has 0 heterocycles. The van der Waals surface area contributed by atoms with Gasteiger partial charge in [0.25, 0.3) is 0 Å². The molecule has 0 aromatic heterocycles. The highest BCUT2D eigenvalue weighted by Gasteiger charge is 2.41. The van der Waals surface area contributed by atoms with Gasteiger partial charge < -0.3 is 4.84 Å². The lowest BCUT2D eigenvalue weighted by Crippen LogP contribution is -2.43. The molecule has 1 aliphatic carbocycles. The second-order valence-electron chi connectivity index (χ2n) is 9.68. The van der Waals surface area contributed by atoms with Gasteiger partial charge in [0.1, 0.15) is 20.0 Å². The first-order valence-electron chi connectivity index (χ1n) is 11.7. The number of hydrogen-bond donors (Lipinski definition) is 0. The first kappa shape index (κ1) is 24.7. The third-order valence-electron chi connectivity index (χ3n) is 6.64. The lowest BCUT2D eigenvalue weighted by Gasteiger charge is -2.38. The van der Waals surface area contributed by atoms with Gasteiger partial charge in [-0.3, -0.25) is 0 Å². The van der Waals surface area contributed by atoms with Gasteiger partial charge in [-0.05, 0) is 60.0 Å². The first-order valence-corrected chi connectivity index (χ1v) is 13.9. The van der Waals surface area contributed by atoms with Crippen molar-refractivity contribution in [2.24, 2.45) is 5.16 Å². The number of rotatable bonds is 8.